The van der Waals surface area contributed by atoms with Crippen molar-refractivity contribution in [2.75, 3.05) is 13.1 Å². The van der Waals surface area contributed by atoms with Crippen LogP contribution in [0.3, 0.4) is 0 Å². The Kier molecular flexibility index (Phi) is 9.93. The number of aliphatic hydroxyl groups is 1. The summed E-state index contributed by atoms with van der Waals surface area (Å²) in [5.74, 6) is -0.145. The fourth-order valence-corrected chi connectivity index (χ4v) is 9.41. The van der Waals surface area contributed by atoms with E-state index in [2.05, 4.69) is 59.6 Å². The highest BCUT2D eigenvalue weighted by Gasteiger charge is 2.46. The number of unbranched alkanes of at least 4 members (excludes halogenated alkanes) is 2. The highest BCUT2D eigenvalue weighted by atomic mass is 79.9. The molecule has 0 aromatic carbocycles. The Hall–Kier alpha value is -1.07. The second-order valence-electron chi connectivity index (χ2n) is 10.3. The molecular weight excluding hydrogens is 652 g/mol. The molecule has 208 valence electrons. The van der Waals surface area contributed by atoms with E-state index in [0.717, 1.165) is 51.4 Å². The lowest BCUT2D eigenvalue weighted by Gasteiger charge is -2.26. The molecule has 6 nitrogen and oxygen atoms in total. The molecule has 4 heterocycles. The molecule has 2 aromatic heterocycles. The summed E-state index contributed by atoms with van der Waals surface area (Å²) in [6, 6.07) is 0. The van der Waals surface area contributed by atoms with Crippen LogP contribution in [0.1, 0.15) is 122 Å². The molecule has 3 atom stereocenters. The molecule has 10 heteroatoms. The minimum absolute atomic E-state index is 0.185. The zero-order valence-corrected chi connectivity index (χ0v) is 27.2. The number of hydrogen-bond donors (Lipinski definition) is 1. The normalized spacial score (nSPS) is 18.5. The van der Waals surface area contributed by atoms with Gasteiger partial charge in [0.15, 0.2) is 6.23 Å². The van der Waals surface area contributed by atoms with Gasteiger partial charge in [-0.3, -0.25) is 19.3 Å². The van der Waals surface area contributed by atoms with Crippen molar-refractivity contribution in [2.24, 2.45) is 11.8 Å². The fraction of sp³-hybridized carbons (Fsp3) is 0.607. The van der Waals surface area contributed by atoms with Gasteiger partial charge in [-0.1, -0.05) is 66.2 Å². The molecule has 0 saturated heterocycles. The first-order valence-electron chi connectivity index (χ1n) is 13.7. The van der Waals surface area contributed by atoms with Gasteiger partial charge in [-0.25, -0.2) is 0 Å². The first-order valence-corrected chi connectivity index (χ1v) is 16.9. The largest absolute Gasteiger partial charge is 0.369 e. The Labute approximate surface area is 250 Å². The Bertz CT molecular complexity index is 1220. The average molecular weight is 689 g/mol. The van der Waals surface area contributed by atoms with Crippen molar-refractivity contribution in [1.82, 2.24) is 9.80 Å². The van der Waals surface area contributed by atoms with Crippen LogP contribution in [0.25, 0.3) is 9.75 Å². The third kappa shape index (κ3) is 5.32. The van der Waals surface area contributed by atoms with Crippen LogP contribution < -0.4 is 0 Å². The summed E-state index contributed by atoms with van der Waals surface area (Å²) in [6.07, 6.45) is 7.09. The lowest BCUT2D eigenvalue weighted by atomic mass is 9.98. The van der Waals surface area contributed by atoms with E-state index in [9.17, 15) is 19.5 Å². The Morgan fingerprint density at radius 2 is 1.29 bits per heavy atom. The van der Waals surface area contributed by atoms with Gasteiger partial charge in [-0.2, -0.15) is 0 Å². The zero-order chi connectivity index (χ0) is 27.7. The predicted molar refractivity (Wildman–Crippen MR) is 161 cm³/mol. The summed E-state index contributed by atoms with van der Waals surface area (Å²) in [4.78, 5) is 44.8. The van der Waals surface area contributed by atoms with E-state index < -0.39 is 6.23 Å². The summed E-state index contributed by atoms with van der Waals surface area (Å²) in [5.41, 5.74) is 1.81. The third-order valence-electron chi connectivity index (χ3n) is 7.90. The average Bonchev–Trinajstić information content (AvgIpc) is 3.57. The molecule has 2 aromatic rings. The van der Waals surface area contributed by atoms with Gasteiger partial charge in [0.25, 0.3) is 17.7 Å². The molecule has 0 spiro atoms. The number of hydrogen-bond acceptors (Lipinski definition) is 6. The summed E-state index contributed by atoms with van der Waals surface area (Å²) in [6.45, 7) is 9.43. The molecule has 2 aliphatic heterocycles. The molecule has 0 aliphatic carbocycles. The number of aliphatic hydroxyl groups excluding tert-OH is 1. The van der Waals surface area contributed by atoms with Crippen molar-refractivity contribution in [3.63, 3.8) is 0 Å². The van der Waals surface area contributed by atoms with Gasteiger partial charge in [0.1, 0.15) is 0 Å². The number of nitrogens with zero attached hydrogens (tertiary/aromatic N) is 2. The highest BCUT2D eigenvalue weighted by Crippen LogP contribution is 2.53. The van der Waals surface area contributed by atoms with Gasteiger partial charge >= 0.3 is 0 Å². The van der Waals surface area contributed by atoms with Crippen molar-refractivity contribution in [3.05, 3.63) is 29.8 Å². The number of thiophene rings is 2. The van der Waals surface area contributed by atoms with Crippen LogP contribution in [0.4, 0.5) is 0 Å². The van der Waals surface area contributed by atoms with Gasteiger partial charge in [0, 0.05) is 18.7 Å². The smallest absolute Gasteiger partial charge is 0.263 e. The van der Waals surface area contributed by atoms with Crippen LogP contribution in [0, 0.1) is 11.8 Å². The molecular formula is C28H36Br2N2O4S2. The lowest BCUT2D eigenvalue weighted by Crippen LogP contribution is -2.34. The number of halogens is 2. The molecule has 0 radical (unpaired) electrons. The van der Waals surface area contributed by atoms with E-state index in [1.165, 1.54) is 27.6 Å². The summed E-state index contributed by atoms with van der Waals surface area (Å²) in [7, 11) is 0. The molecule has 3 amide bonds. The molecule has 3 unspecified atom stereocenters. The number of fused-ring (bicyclic) bond motifs is 2. The molecule has 2 aliphatic rings. The quantitative estimate of drug-likeness (QED) is 0.214. The van der Waals surface area contributed by atoms with Gasteiger partial charge < -0.3 is 10.0 Å². The summed E-state index contributed by atoms with van der Waals surface area (Å²) >= 11 is 9.80. The number of imide groups is 1. The Morgan fingerprint density at radius 1 is 0.763 bits per heavy atom. The molecule has 38 heavy (non-hydrogen) atoms. The van der Waals surface area contributed by atoms with Crippen molar-refractivity contribution in [1.29, 1.82) is 0 Å². The lowest BCUT2D eigenvalue weighted by molar-refractivity contribution is 0.00991. The number of rotatable bonds is 13. The van der Waals surface area contributed by atoms with Gasteiger partial charge in [0.2, 0.25) is 0 Å². The first-order chi connectivity index (χ1) is 18.2. The highest BCUT2D eigenvalue weighted by molar-refractivity contribution is 9.11. The van der Waals surface area contributed by atoms with E-state index in [1.807, 2.05) is 0 Å². The van der Waals surface area contributed by atoms with E-state index in [4.69, 9.17) is 0 Å². The maximum Gasteiger partial charge on any atom is 0.263 e. The minimum Gasteiger partial charge on any atom is -0.369 e. The Morgan fingerprint density at radius 3 is 1.87 bits per heavy atom. The zero-order valence-electron chi connectivity index (χ0n) is 22.4. The van der Waals surface area contributed by atoms with Crippen LogP contribution in [-0.4, -0.2) is 45.7 Å². The fourth-order valence-electron chi connectivity index (χ4n) is 5.48. The van der Waals surface area contributed by atoms with Gasteiger partial charge in [-0.15, -0.1) is 22.7 Å². The van der Waals surface area contributed by atoms with Gasteiger partial charge in [-0.05, 0) is 56.5 Å². The molecule has 4 rings (SSSR count). The van der Waals surface area contributed by atoms with E-state index >= 15 is 0 Å². The number of amides is 3. The number of carbonyl (C=O) groups excluding carboxylic acids is 3. The first kappa shape index (κ1) is 29.9. The van der Waals surface area contributed by atoms with Crippen molar-refractivity contribution >= 4 is 72.3 Å². The van der Waals surface area contributed by atoms with E-state index in [1.54, 1.807) is 4.90 Å². The maximum atomic E-state index is 13.7. The van der Waals surface area contributed by atoms with Crippen molar-refractivity contribution < 1.29 is 19.5 Å². The second kappa shape index (κ2) is 12.6. The number of carbonyl (C=O) groups is 3. The second-order valence-corrected chi connectivity index (χ2v) is 15.0. The minimum atomic E-state index is -1.08. The summed E-state index contributed by atoms with van der Waals surface area (Å²) in [5, 5.41) is 11.4. The van der Waals surface area contributed by atoms with E-state index in [-0.39, 0.29) is 23.6 Å². The van der Waals surface area contributed by atoms with E-state index in [0.29, 0.717) is 58.6 Å². The third-order valence-corrected chi connectivity index (χ3v) is 11.8. The van der Waals surface area contributed by atoms with Crippen LogP contribution in [0.2, 0.25) is 0 Å². The van der Waals surface area contributed by atoms with Crippen LogP contribution >= 0.6 is 54.5 Å². The molecule has 0 saturated carbocycles. The Balaban J connectivity index is 1.68. The molecule has 1 N–H and O–H groups in total. The van der Waals surface area contributed by atoms with Gasteiger partial charge in [0.05, 0.1) is 34.0 Å². The standard InChI is InChI=1S/C28H36Br2N2O4S2/c1-5-9-11-15(7-3)13-31-25(33)17-19(27(31)35)23(29)37-21(17)22-18-20(24(30)38-22)28(36)32(26(18)34)14-16(8-4)12-10-6-2/h15-16,25,33H,5-14H2,1-4H3. The molecule has 0 bridgehead atoms. The maximum absolute atomic E-state index is 13.7. The predicted octanol–water partition coefficient (Wildman–Crippen LogP) is 8.48. The SMILES string of the molecule is CCCCC(CC)CN1C(=O)c2c(Br)sc(-c3sc(Br)c4c3C(O)N(CC(CC)CCCC)C4=O)c2C1=O. The molecule has 0 fully saturated rings. The monoisotopic (exact) mass is 686 g/mol. The van der Waals surface area contributed by atoms with Crippen LogP contribution in [0.5, 0.6) is 0 Å². The van der Waals surface area contributed by atoms with Crippen LogP contribution in [-0.2, 0) is 0 Å². The van der Waals surface area contributed by atoms with Crippen molar-refractivity contribution in [2.45, 2.75) is 85.3 Å². The summed E-state index contributed by atoms with van der Waals surface area (Å²) < 4.78 is 1.26. The van der Waals surface area contributed by atoms with Crippen LogP contribution in [0.15, 0.2) is 7.57 Å². The van der Waals surface area contributed by atoms with Crippen molar-refractivity contribution in [3.8, 4) is 9.75 Å². The topological polar surface area (TPSA) is 77.9 Å².